The molecule has 0 radical (unpaired) electrons. The van der Waals surface area contributed by atoms with Gasteiger partial charge in [0.2, 0.25) is 0 Å². The molecule has 2 aromatic carbocycles. The number of hydrogen-bond acceptors (Lipinski definition) is 5. The number of halogens is 3. The summed E-state index contributed by atoms with van der Waals surface area (Å²) in [5, 5.41) is 11.1. The van der Waals surface area contributed by atoms with Crippen molar-refractivity contribution >= 4 is 33.8 Å². The molecule has 1 aliphatic carbocycles. The molecule has 2 aliphatic heterocycles. The third kappa shape index (κ3) is 3.99. The number of aromatic amines is 1. The number of fused-ring (bicyclic) bond motifs is 6. The fourth-order valence-electron chi connectivity index (χ4n) is 7.04. The smallest absolute Gasteiger partial charge is 0.406 e. The minimum Gasteiger partial charge on any atom is -0.493 e. The lowest BCUT2D eigenvalue weighted by molar-refractivity contribution is -0.139. The highest BCUT2D eigenvalue weighted by atomic mass is 19.4. The summed E-state index contributed by atoms with van der Waals surface area (Å²) in [5.74, 6) is 1.43. The zero-order valence-electron chi connectivity index (χ0n) is 21.7. The molecule has 12 heteroatoms. The molecule has 2 aromatic heterocycles. The maximum Gasteiger partial charge on any atom is 0.406 e. The van der Waals surface area contributed by atoms with Crippen molar-refractivity contribution in [3.05, 3.63) is 53.7 Å². The van der Waals surface area contributed by atoms with Gasteiger partial charge in [-0.2, -0.15) is 13.2 Å². The Bertz CT molecular complexity index is 1630. The van der Waals surface area contributed by atoms with E-state index in [1.807, 2.05) is 9.80 Å². The van der Waals surface area contributed by atoms with Crippen LogP contribution in [0.15, 0.2) is 42.6 Å². The van der Waals surface area contributed by atoms with Gasteiger partial charge in [-0.05, 0) is 67.0 Å². The Morgan fingerprint density at radius 3 is 2.23 bits per heavy atom. The van der Waals surface area contributed by atoms with Gasteiger partial charge >= 0.3 is 6.18 Å². The number of carbonyl (C=O) groups is 2. The topological polar surface area (TPSA) is 96.3 Å². The summed E-state index contributed by atoms with van der Waals surface area (Å²) in [5.41, 5.74) is 2.66. The molecular weight excluding hydrogens is 525 g/mol. The molecule has 4 heterocycles. The molecule has 3 fully saturated rings. The van der Waals surface area contributed by atoms with Crippen LogP contribution in [0, 0.1) is 23.7 Å². The average Bonchev–Trinajstić information content (AvgIpc) is 3.70. The second-order valence-electron chi connectivity index (χ2n) is 11.0. The third-order valence-corrected chi connectivity index (χ3v) is 8.82. The van der Waals surface area contributed by atoms with E-state index < -0.39 is 12.7 Å². The van der Waals surface area contributed by atoms with Crippen LogP contribution in [0.25, 0.3) is 21.9 Å². The lowest BCUT2D eigenvalue weighted by atomic mass is 9.60. The number of hydrogen-bond donors (Lipinski definition) is 1. The highest BCUT2D eigenvalue weighted by Crippen LogP contribution is 2.54. The third-order valence-electron chi connectivity index (χ3n) is 8.82. The Kier molecular flexibility index (Phi) is 5.59. The maximum atomic E-state index is 13.6. The standard InChI is InChI=1S/C28H27F3N6O3/c1-2-40-25-9-16(8-24-17(25)5-6-35(24)14-28(29,30)31)27(39)37-12-20-18-10-36(11-19(18)21(20)13-37)26(38)15-3-4-22-23(7-15)33-34-32-22/h3-9,18-21H,2,10-14H2,1H3,(H,32,33,34)/t18-,19+,20+,21-. The van der Waals surface area contributed by atoms with E-state index in [0.29, 0.717) is 89.8 Å². The fourth-order valence-corrected chi connectivity index (χ4v) is 7.04. The van der Waals surface area contributed by atoms with Crippen LogP contribution in [0.1, 0.15) is 27.6 Å². The summed E-state index contributed by atoms with van der Waals surface area (Å²) in [4.78, 5) is 30.5. The van der Waals surface area contributed by atoms with Crippen LogP contribution in [0.3, 0.4) is 0 Å². The van der Waals surface area contributed by atoms with Crippen LogP contribution in [0.5, 0.6) is 5.75 Å². The molecule has 4 aromatic rings. The van der Waals surface area contributed by atoms with Gasteiger partial charge in [-0.1, -0.05) is 5.21 Å². The van der Waals surface area contributed by atoms with Gasteiger partial charge in [0, 0.05) is 48.9 Å². The molecular formula is C28H27F3N6O3. The second-order valence-corrected chi connectivity index (χ2v) is 11.0. The number of ether oxygens (including phenoxy) is 1. The summed E-state index contributed by atoms with van der Waals surface area (Å²) < 4.78 is 46.3. The van der Waals surface area contributed by atoms with Crippen LogP contribution in [-0.2, 0) is 6.54 Å². The van der Waals surface area contributed by atoms with E-state index >= 15 is 0 Å². The van der Waals surface area contributed by atoms with E-state index in [4.69, 9.17) is 4.74 Å². The summed E-state index contributed by atoms with van der Waals surface area (Å²) in [6.07, 6.45) is -3.01. The van der Waals surface area contributed by atoms with E-state index in [2.05, 4.69) is 15.4 Å². The molecule has 40 heavy (non-hydrogen) atoms. The van der Waals surface area contributed by atoms with Crippen molar-refractivity contribution in [1.29, 1.82) is 0 Å². The highest BCUT2D eigenvalue weighted by Gasteiger charge is 2.59. The van der Waals surface area contributed by atoms with Crippen molar-refractivity contribution in [2.45, 2.75) is 19.6 Å². The number of rotatable bonds is 5. The molecule has 0 spiro atoms. The Morgan fingerprint density at radius 2 is 1.60 bits per heavy atom. The largest absolute Gasteiger partial charge is 0.493 e. The van der Waals surface area contributed by atoms with E-state index in [-0.39, 0.29) is 11.8 Å². The van der Waals surface area contributed by atoms with Gasteiger partial charge in [0.15, 0.2) is 0 Å². The lowest BCUT2D eigenvalue weighted by Gasteiger charge is -2.42. The minimum absolute atomic E-state index is 0.0241. The first-order valence-electron chi connectivity index (χ1n) is 13.4. The minimum atomic E-state index is -4.39. The van der Waals surface area contributed by atoms with Gasteiger partial charge in [0.05, 0.1) is 17.6 Å². The summed E-state index contributed by atoms with van der Waals surface area (Å²) in [7, 11) is 0. The molecule has 0 unspecified atom stereocenters. The zero-order chi connectivity index (χ0) is 27.8. The van der Waals surface area contributed by atoms with Gasteiger partial charge in [0.25, 0.3) is 11.8 Å². The molecule has 2 saturated heterocycles. The van der Waals surface area contributed by atoms with Crippen LogP contribution in [-0.4, -0.2) is 80.6 Å². The molecule has 1 N–H and O–H groups in total. The Labute approximate surface area is 226 Å². The Morgan fingerprint density at radius 1 is 0.950 bits per heavy atom. The number of aromatic nitrogens is 4. The van der Waals surface area contributed by atoms with Crippen LogP contribution in [0.2, 0.25) is 0 Å². The first-order valence-corrected chi connectivity index (χ1v) is 13.4. The first kappa shape index (κ1) is 24.9. The normalized spacial score (nSPS) is 23.9. The van der Waals surface area contributed by atoms with Gasteiger partial charge < -0.3 is 19.1 Å². The summed E-state index contributed by atoms with van der Waals surface area (Å²) >= 11 is 0. The van der Waals surface area contributed by atoms with Crippen LogP contribution >= 0.6 is 0 Å². The van der Waals surface area contributed by atoms with Crippen LogP contribution < -0.4 is 4.74 Å². The Hall–Kier alpha value is -4.09. The van der Waals surface area contributed by atoms with E-state index in [1.165, 1.54) is 6.20 Å². The van der Waals surface area contributed by atoms with Crippen molar-refractivity contribution < 1.29 is 27.5 Å². The predicted molar refractivity (Wildman–Crippen MR) is 139 cm³/mol. The van der Waals surface area contributed by atoms with Crippen molar-refractivity contribution in [3.8, 4) is 5.75 Å². The van der Waals surface area contributed by atoms with Gasteiger partial charge in [-0.3, -0.25) is 14.7 Å². The maximum absolute atomic E-state index is 13.6. The lowest BCUT2D eigenvalue weighted by Crippen LogP contribution is -2.44. The summed E-state index contributed by atoms with van der Waals surface area (Å²) in [6, 6.07) is 10.1. The number of benzene rings is 2. The monoisotopic (exact) mass is 552 g/mol. The number of nitrogens with zero attached hydrogens (tertiary/aromatic N) is 5. The zero-order valence-corrected chi connectivity index (χ0v) is 21.7. The number of carbonyl (C=O) groups excluding carboxylic acids is 2. The van der Waals surface area contributed by atoms with Crippen molar-refractivity contribution in [2.24, 2.45) is 23.7 Å². The van der Waals surface area contributed by atoms with Crippen molar-refractivity contribution in [3.63, 3.8) is 0 Å². The number of likely N-dealkylation sites (tertiary alicyclic amines) is 2. The average molecular weight is 553 g/mol. The molecule has 4 atom stereocenters. The SMILES string of the molecule is CCOc1cc(C(=O)N2C[C@@H]3[C@H]4CN(C(=O)c5ccc6[nH]nnc6c5)C[C@H]4[C@@H]3C2)cc2c1ccn2CC(F)(F)F. The molecule has 0 bridgehead atoms. The number of nitrogens with one attached hydrogen (secondary N) is 1. The number of H-pyrrole nitrogens is 1. The van der Waals surface area contributed by atoms with E-state index in [9.17, 15) is 22.8 Å². The number of amides is 2. The molecule has 1 saturated carbocycles. The molecule has 208 valence electrons. The van der Waals surface area contributed by atoms with Gasteiger partial charge in [-0.25, -0.2) is 0 Å². The van der Waals surface area contributed by atoms with Gasteiger partial charge in [0.1, 0.15) is 17.8 Å². The molecule has 2 amide bonds. The summed E-state index contributed by atoms with van der Waals surface area (Å²) in [6.45, 7) is 3.43. The fraction of sp³-hybridized carbons (Fsp3) is 0.429. The van der Waals surface area contributed by atoms with Crippen LogP contribution in [0.4, 0.5) is 13.2 Å². The van der Waals surface area contributed by atoms with E-state index in [1.54, 1.807) is 43.3 Å². The molecule has 3 aliphatic rings. The quantitative estimate of drug-likeness (QED) is 0.404. The van der Waals surface area contributed by atoms with Crippen molar-refractivity contribution in [1.82, 2.24) is 29.8 Å². The molecule has 7 rings (SSSR count). The predicted octanol–water partition coefficient (Wildman–Crippen LogP) is 3.96. The first-order chi connectivity index (χ1) is 19.2. The van der Waals surface area contributed by atoms with Gasteiger partial charge in [-0.15, -0.1) is 5.10 Å². The Balaban J connectivity index is 1.07. The highest BCUT2D eigenvalue weighted by molar-refractivity contribution is 6.00. The second kappa shape index (κ2) is 8.97. The molecule has 9 nitrogen and oxygen atoms in total. The van der Waals surface area contributed by atoms with Crippen molar-refractivity contribution in [2.75, 3.05) is 32.8 Å². The number of alkyl halides is 3. The van der Waals surface area contributed by atoms with E-state index in [0.717, 1.165) is 10.1 Å².